The lowest BCUT2D eigenvalue weighted by molar-refractivity contribution is -0.147. The Kier molecular flexibility index (Phi) is 10.7. The summed E-state index contributed by atoms with van der Waals surface area (Å²) in [7, 11) is 0. The van der Waals surface area contributed by atoms with Gasteiger partial charge in [0.1, 0.15) is 19.3 Å². The molecule has 0 aliphatic heterocycles. The summed E-state index contributed by atoms with van der Waals surface area (Å²) in [4.78, 5) is 37.1. The zero-order valence-electron chi connectivity index (χ0n) is 18.4. The number of ether oxygens (including phenoxy) is 2. The highest BCUT2D eigenvalue weighted by Crippen LogP contribution is 2.07. The van der Waals surface area contributed by atoms with Crippen LogP contribution in [0.1, 0.15) is 24.0 Å². The van der Waals surface area contributed by atoms with E-state index in [-0.39, 0.29) is 32.0 Å². The summed E-state index contributed by atoms with van der Waals surface area (Å²) in [5, 5.41) is 5.10. The Morgan fingerprint density at radius 2 is 1.48 bits per heavy atom. The van der Waals surface area contributed by atoms with Crippen molar-refractivity contribution in [2.75, 3.05) is 0 Å². The van der Waals surface area contributed by atoms with Gasteiger partial charge in [0, 0.05) is 12.1 Å². The van der Waals surface area contributed by atoms with E-state index in [1.165, 1.54) is 0 Å². The monoisotopic (exact) mass is 448 g/mol. The number of nitrogens with one attached hydrogen (secondary N) is 2. The molecule has 7 nitrogen and oxygen atoms in total. The van der Waals surface area contributed by atoms with Crippen molar-refractivity contribution in [2.24, 2.45) is 0 Å². The molecule has 2 amide bonds. The average molecular weight is 449 g/mol. The largest absolute Gasteiger partial charge is 0.459 e. The summed E-state index contributed by atoms with van der Waals surface area (Å²) in [5.41, 5.74) is 2.00. The number of hydrogen-bond acceptors (Lipinski definition) is 5. The highest BCUT2D eigenvalue weighted by molar-refractivity contribution is 5.83. The maximum Gasteiger partial charge on any atom is 0.408 e. The second-order valence-corrected chi connectivity index (χ2v) is 7.06. The lowest BCUT2D eigenvalue weighted by Crippen LogP contribution is -2.42. The number of benzene rings is 2. The van der Waals surface area contributed by atoms with Crippen molar-refractivity contribution in [1.29, 1.82) is 0 Å². The number of amides is 2. The highest BCUT2D eigenvalue weighted by atomic mass is 16.6. The predicted octanol–water partition coefficient (Wildman–Crippen LogP) is 4.18. The van der Waals surface area contributed by atoms with Crippen molar-refractivity contribution >= 4 is 18.0 Å². The van der Waals surface area contributed by atoms with Gasteiger partial charge in [-0.05, 0) is 23.6 Å². The lowest BCUT2D eigenvalue weighted by Gasteiger charge is -2.18. The van der Waals surface area contributed by atoms with Crippen molar-refractivity contribution in [3.8, 4) is 0 Å². The molecule has 1 atom stereocenters. The first-order chi connectivity index (χ1) is 16.0. The van der Waals surface area contributed by atoms with Crippen LogP contribution in [0.15, 0.2) is 97.7 Å². The number of alkyl carbamates (subject to hydrolysis) is 1. The van der Waals surface area contributed by atoms with Gasteiger partial charge in [0.15, 0.2) is 0 Å². The second kappa shape index (κ2) is 14.0. The quantitative estimate of drug-likeness (QED) is 0.375. The average Bonchev–Trinajstić information content (AvgIpc) is 2.83. The van der Waals surface area contributed by atoms with E-state index < -0.39 is 18.1 Å². The van der Waals surface area contributed by atoms with Gasteiger partial charge in [-0.1, -0.05) is 86.0 Å². The van der Waals surface area contributed by atoms with E-state index in [0.29, 0.717) is 5.70 Å². The molecule has 1 unspecified atom stereocenters. The summed E-state index contributed by atoms with van der Waals surface area (Å²) >= 11 is 0. The number of carbonyl (C=O) groups is 3. The zero-order chi connectivity index (χ0) is 23.9. The molecule has 172 valence electrons. The maximum atomic E-state index is 12.6. The standard InChI is InChI=1S/C26H28N2O5/c1-3-4-11-20(2)27-24(29)17-16-23(25(30)32-18-21-12-7-5-8-13-21)28-26(31)33-19-22-14-9-6-10-15-22/h3-15,23H,1-2,16-19H2,(H,27,29)(H,28,31)/b11-4-. The molecular weight excluding hydrogens is 420 g/mol. The molecule has 0 aromatic heterocycles. The Morgan fingerprint density at radius 1 is 0.909 bits per heavy atom. The fourth-order valence-corrected chi connectivity index (χ4v) is 2.73. The first kappa shape index (κ1) is 25.1. The third-order valence-corrected chi connectivity index (χ3v) is 4.41. The number of rotatable bonds is 12. The molecule has 33 heavy (non-hydrogen) atoms. The summed E-state index contributed by atoms with van der Waals surface area (Å²) in [6, 6.07) is 17.3. The molecule has 0 spiro atoms. The molecule has 7 heteroatoms. The van der Waals surface area contributed by atoms with Gasteiger partial charge < -0.3 is 20.1 Å². The fourth-order valence-electron chi connectivity index (χ4n) is 2.73. The van der Waals surface area contributed by atoms with Crippen LogP contribution >= 0.6 is 0 Å². The Balaban J connectivity index is 1.93. The first-order valence-corrected chi connectivity index (χ1v) is 10.4. The van der Waals surface area contributed by atoms with Crippen molar-refractivity contribution < 1.29 is 23.9 Å². The van der Waals surface area contributed by atoms with Gasteiger partial charge in [-0.3, -0.25) is 4.79 Å². The number of esters is 1. The molecule has 0 aliphatic rings. The van der Waals surface area contributed by atoms with Crippen molar-refractivity contribution in [2.45, 2.75) is 32.1 Å². The van der Waals surface area contributed by atoms with Crippen LogP contribution in [0.5, 0.6) is 0 Å². The Hall–Kier alpha value is -4.13. The lowest BCUT2D eigenvalue weighted by atomic mass is 10.1. The SMILES string of the molecule is C=C/C=C\C(=C)NC(=O)CCC(NC(=O)OCc1ccccc1)C(=O)OCc1ccccc1. The van der Waals surface area contributed by atoms with E-state index in [2.05, 4.69) is 23.8 Å². The van der Waals surface area contributed by atoms with E-state index in [9.17, 15) is 14.4 Å². The van der Waals surface area contributed by atoms with Gasteiger partial charge in [0.2, 0.25) is 5.91 Å². The van der Waals surface area contributed by atoms with Crippen LogP contribution in [0, 0.1) is 0 Å². The first-order valence-electron chi connectivity index (χ1n) is 10.4. The van der Waals surface area contributed by atoms with Gasteiger partial charge in [-0.2, -0.15) is 0 Å². The number of carbonyl (C=O) groups excluding carboxylic acids is 3. The minimum atomic E-state index is -1.06. The van der Waals surface area contributed by atoms with Crippen molar-refractivity contribution in [1.82, 2.24) is 10.6 Å². The van der Waals surface area contributed by atoms with Crippen LogP contribution in [-0.2, 0) is 32.3 Å². The predicted molar refractivity (Wildman–Crippen MR) is 126 cm³/mol. The molecule has 0 aliphatic carbocycles. The van der Waals surface area contributed by atoms with Gasteiger partial charge >= 0.3 is 12.1 Å². The second-order valence-electron chi connectivity index (χ2n) is 7.06. The molecular formula is C26H28N2O5. The minimum Gasteiger partial charge on any atom is -0.459 e. The summed E-state index contributed by atoms with van der Waals surface area (Å²) in [5.74, 6) is -1.01. The number of hydrogen-bond donors (Lipinski definition) is 2. The third kappa shape index (κ3) is 10.1. The number of allylic oxidation sites excluding steroid dienone is 3. The molecule has 2 rings (SSSR count). The van der Waals surface area contributed by atoms with E-state index in [1.54, 1.807) is 18.2 Å². The van der Waals surface area contributed by atoms with E-state index in [0.717, 1.165) is 11.1 Å². The highest BCUT2D eigenvalue weighted by Gasteiger charge is 2.24. The van der Waals surface area contributed by atoms with Gasteiger partial charge in [-0.15, -0.1) is 0 Å². The van der Waals surface area contributed by atoms with E-state index in [4.69, 9.17) is 9.47 Å². The summed E-state index contributed by atoms with van der Waals surface area (Å²) in [6.45, 7) is 7.36. The Morgan fingerprint density at radius 3 is 2.06 bits per heavy atom. The molecule has 2 N–H and O–H groups in total. The maximum absolute atomic E-state index is 12.6. The molecule has 0 heterocycles. The molecule has 0 bridgehead atoms. The van der Waals surface area contributed by atoms with Crippen molar-refractivity contribution in [3.63, 3.8) is 0 Å². The Bertz CT molecular complexity index is 971. The van der Waals surface area contributed by atoms with Gasteiger partial charge in [-0.25, -0.2) is 9.59 Å². The summed E-state index contributed by atoms with van der Waals surface area (Å²) in [6.07, 6.45) is 4.00. The molecule has 2 aromatic rings. The van der Waals surface area contributed by atoms with Crippen LogP contribution in [0.4, 0.5) is 4.79 Å². The van der Waals surface area contributed by atoms with Crippen LogP contribution in [0.2, 0.25) is 0 Å². The van der Waals surface area contributed by atoms with Gasteiger partial charge in [0.05, 0.1) is 0 Å². The van der Waals surface area contributed by atoms with Gasteiger partial charge in [0.25, 0.3) is 0 Å². The topological polar surface area (TPSA) is 93.7 Å². The van der Waals surface area contributed by atoms with Crippen molar-refractivity contribution in [3.05, 3.63) is 109 Å². The minimum absolute atomic E-state index is 0.0261. The third-order valence-electron chi connectivity index (χ3n) is 4.41. The normalized spacial score (nSPS) is 11.3. The van der Waals surface area contributed by atoms with Crippen LogP contribution in [0.25, 0.3) is 0 Å². The van der Waals surface area contributed by atoms with Crippen LogP contribution < -0.4 is 10.6 Å². The van der Waals surface area contributed by atoms with E-state index >= 15 is 0 Å². The zero-order valence-corrected chi connectivity index (χ0v) is 18.4. The van der Waals surface area contributed by atoms with Crippen LogP contribution in [-0.4, -0.2) is 24.0 Å². The molecule has 0 saturated carbocycles. The fraction of sp³-hybridized carbons (Fsp3) is 0.192. The van der Waals surface area contributed by atoms with Crippen LogP contribution in [0.3, 0.4) is 0 Å². The molecule has 0 saturated heterocycles. The van der Waals surface area contributed by atoms with E-state index in [1.807, 2.05) is 60.7 Å². The Labute approximate surface area is 193 Å². The molecule has 0 fully saturated rings. The smallest absolute Gasteiger partial charge is 0.408 e. The summed E-state index contributed by atoms with van der Waals surface area (Å²) < 4.78 is 10.5. The molecule has 0 radical (unpaired) electrons. The molecule has 2 aromatic carbocycles.